The summed E-state index contributed by atoms with van der Waals surface area (Å²) in [6.45, 7) is 5.21. The second-order valence-electron chi connectivity index (χ2n) is 13.1. The fourth-order valence-electron chi connectivity index (χ4n) is 8.31. The number of nitrogens with one attached hydrogen (secondary N) is 3. The van der Waals surface area contributed by atoms with Crippen LogP contribution in [0.2, 0.25) is 0 Å². The lowest BCUT2D eigenvalue weighted by Gasteiger charge is -2.50. The Morgan fingerprint density at radius 1 is 1.03 bits per heavy atom. The van der Waals surface area contributed by atoms with Crippen LogP contribution >= 0.6 is 11.6 Å². The third-order valence-corrected chi connectivity index (χ3v) is 11.0. The first kappa shape index (κ1) is 29.4. The first-order valence-corrected chi connectivity index (χ1v) is 15.4. The van der Waals surface area contributed by atoms with Crippen molar-refractivity contribution in [3.63, 3.8) is 0 Å². The highest BCUT2D eigenvalue weighted by Crippen LogP contribution is 2.44. The van der Waals surface area contributed by atoms with Crippen LogP contribution in [-0.4, -0.2) is 83.6 Å². The molecular formula is C28H45ClF3N5O2. The lowest BCUT2D eigenvalue weighted by atomic mass is 9.65. The zero-order valence-electron chi connectivity index (χ0n) is 23.4. The summed E-state index contributed by atoms with van der Waals surface area (Å²) in [7, 11) is 1.92. The van der Waals surface area contributed by atoms with Gasteiger partial charge in [-0.2, -0.15) is 13.2 Å². The molecule has 39 heavy (non-hydrogen) atoms. The molecular weight excluding hydrogens is 531 g/mol. The molecule has 2 amide bonds. The molecule has 5 rings (SSSR count). The summed E-state index contributed by atoms with van der Waals surface area (Å²) in [6.07, 6.45) is 2.03. The molecule has 7 nitrogen and oxygen atoms in total. The first-order chi connectivity index (χ1) is 18.4. The van der Waals surface area contributed by atoms with Crippen LogP contribution in [0, 0.1) is 29.6 Å². The number of hydrogen-bond acceptors (Lipinski definition) is 5. The average molecular weight is 576 g/mol. The number of nitrogens with zero attached hydrogens (tertiary/aromatic N) is 2. The van der Waals surface area contributed by atoms with Crippen LogP contribution in [-0.2, 0) is 9.59 Å². The van der Waals surface area contributed by atoms with E-state index in [1.807, 2.05) is 11.9 Å². The molecule has 0 spiro atoms. The van der Waals surface area contributed by atoms with Crippen molar-refractivity contribution in [3.8, 4) is 0 Å². The smallest absolute Gasteiger partial charge is 0.353 e. The Labute approximate surface area is 235 Å². The molecule has 9 atom stereocenters. The van der Waals surface area contributed by atoms with Gasteiger partial charge in [-0.15, -0.1) is 11.6 Å². The number of carbonyl (C=O) groups is 2. The standard InChI is InChI=1S/C28H45ClF3N5O2/c1-15-4-7-19(12-21(15)22-11-17-13-33-16(2)10-24(17)36(3)27(22)39)35-26(38)23-14-34-37(25(23)28(30,31)32)20-8-5-18(29)6-9-20/h15-25,33-34H,4-14H2,1-3H3,(H,35,38). The van der Waals surface area contributed by atoms with Gasteiger partial charge in [0, 0.05) is 55.6 Å². The number of likely N-dealkylation sites (tertiary alicyclic amines) is 1. The van der Waals surface area contributed by atoms with Gasteiger partial charge in [-0.25, -0.2) is 5.01 Å². The van der Waals surface area contributed by atoms with Gasteiger partial charge >= 0.3 is 6.18 Å². The number of fused-ring (bicyclic) bond motifs is 1. The molecule has 0 aromatic heterocycles. The predicted octanol–water partition coefficient (Wildman–Crippen LogP) is 3.67. The quantitative estimate of drug-likeness (QED) is 0.446. The molecule has 2 saturated carbocycles. The Bertz CT molecular complexity index is 901. The minimum Gasteiger partial charge on any atom is -0.353 e. The third-order valence-electron chi connectivity index (χ3n) is 10.6. The summed E-state index contributed by atoms with van der Waals surface area (Å²) in [5, 5.41) is 7.87. The van der Waals surface area contributed by atoms with Gasteiger partial charge in [0.25, 0.3) is 0 Å². The molecule has 0 aromatic rings. The monoisotopic (exact) mass is 575 g/mol. The number of carbonyl (C=O) groups excluding carboxylic acids is 2. The predicted molar refractivity (Wildman–Crippen MR) is 144 cm³/mol. The minimum atomic E-state index is -4.52. The molecule has 5 aliphatic rings. The fraction of sp³-hybridized carbons (Fsp3) is 0.929. The number of hydrogen-bond donors (Lipinski definition) is 3. The molecule has 3 heterocycles. The zero-order valence-corrected chi connectivity index (χ0v) is 24.1. The Morgan fingerprint density at radius 3 is 2.44 bits per heavy atom. The molecule has 3 aliphatic heterocycles. The van der Waals surface area contributed by atoms with Crippen molar-refractivity contribution < 1.29 is 22.8 Å². The number of halogens is 4. The Balaban J connectivity index is 1.24. The minimum absolute atomic E-state index is 0.00794. The van der Waals surface area contributed by atoms with Crippen LogP contribution in [0.25, 0.3) is 0 Å². The van der Waals surface area contributed by atoms with E-state index in [-0.39, 0.29) is 47.8 Å². The Morgan fingerprint density at radius 2 is 1.74 bits per heavy atom. The molecule has 2 aliphatic carbocycles. The molecule has 5 fully saturated rings. The van der Waals surface area contributed by atoms with E-state index in [0.717, 1.165) is 32.2 Å². The van der Waals surface area contributed by atoms with Gasteiger partial charge in [-0.1, -0.05) is 6.92 Å². The molecule has 3 saturated heterocycles. The van der Waals surface area contributed by atoms with Crippen molar-refractivity contribution in [1.29, 1.82) is 0 Å². The van der Waals surface area contributed by atoms with Gasteiger partial charge in [0.05, 0.1) is 5.92 Å². The summed E-state index contributed by atoms with van der Waals surface area (Å²) >= 11 is 6.18. The van der Waals surface area contributed by atoms with E-state index < -0.39 is 24.0 Å². The number of hydrazine groups is 1. The van der Waals surface area contributed by atoms with Gasteiger partial charge < -0.3 is 15.5 Å². The molecule has 0 aromatic carbocycles. The lowest BCUT2D eigenvalue weighted by molar-refractivity contribution is -0.198. The van der Waals surface area contributed by atoms with Gasteiger partial charge in [0.2, 0.25) is 11.8 Å². The molecule has 0 radical (unpaired) electrons. The summed E-state index contributed by atoms with van der Waals surface area (Å²) in [6, 6.07) is -1.69. The van der Waals surface area contributed by atoms with Gasteiger partial charge in [0.1, 0.15) is 6.04 Å². The Hall–Kier alpha value is -1.10. The largest absolute Gasteiger partial charge is 0.406 e. The van der Waals surface area contributed by atoms with Crippen LogP contribution in [0.5, 0.6) is 0 Å². The molecule has 11 heteroatoms. The van der Waals surface area contributed by atoms with Crippen molar-refractivity contribution in [2.45, 2.75) is 113 Å². The van der Waals surface area contributed by atoms with Crippen molar-refractivity contribution in [2.24, 2.45) is 29.6 Å². The maximum absolute atomic E-state index is 14.3. The van der Waals surface area contributed by atoms with E-state index in [1.54, 1.807) is 0 Å². The summed E-state index contributed by atoms with van der Waals surface area (Å²) in [5.74, 6) is -0.798. The van der Waals surface area contributed by atoms with E-state index in [4.69, 9.17) is 11.6 Å². The Kier molecular flexibility index (Phi) is 8.78. The van der Waals surface area contributed by atoms with Gasteiger partial charge in [-0.05, 0) is 82.5 Å². The van der Waals surface area contributed by atoms with Crippen molar-refractivity contribution in [3.05, 3.63) is 0 Å². The molecule has 222 valence electrons. The third kappa shape index (κ3) is 6.09. The van der Waals surface area contributed by atoms with Gasteiger partial charge in [0.15, 0.2) is 0 Å². The molecule has 9 unspecified atom stereocenters. The van der Waals surface area contributed by atoms with Crippen molar-refractivity contribution in [2.75, 3.05) is 20.1 Å². The maximum atomic E-state index is 14.3. The normalized spacial score (nSPS) is 44.2. The topological polar surface area (TPSA) is 76.7 Å². The average Bonchev–Trinajstić information content (AvgIpc) is 3.35. The van der Waals surface area contributed by atoms with Crippen LogP contribution in [0.4, 0.5) is 13.2 Å². The fourth-order valence-corrected chi connectivity index (χ4v) is 8.56. The number of rotatable bonds is 4. The summed E-state index contributed by atoms with van der Waals surface area (Å²) < 4.78 is 42.9. The maximum Gasteiger partial charge on any atom is 0.406 e. The first-order valence-electron chi connectivity index (χ1n) is 15.0. The number of amides is 2. The van der Waals surface area contributed by atoms with Crippen LogP contribution < -0.4 is 16.1 Å². The van der Waals surface area contributed by atoms with Crippen molar-refractivity contribution in [1.82, 2.24) is 26.0 Å². The number of piperidine rings is 2. The van der Waals surface area contributed by atoms with E-state index in [2.05, 4.69) is 29.9 Å². The summed E-state index contributed by atoms with van der Waals surface area (Å²) in [4.78, 5) is 28.8. The second kappa shape index (κ2) is 11.6. The highest BCUT2D eigenvalue weighted by Gasteiger charge is 2.56. The van der Waals surface area contributed by atoms with E-state index in [9.17, 15) is 22.8 Å². The molecule has 0 bridgehead atoms. The molecule has 3 N–H and O–H groups in total. The second-order valence-corrected chi connectivity index (χ2v) is 13.7. The van der Waals surface area contributed by atoms with Crippen LogP contribution in [0.15, 0.2) is 0 Å². The number of alkyl halides is 4. The van der Waals surface area contributed by atoms with E-state index in [1.165, 1.54) is 5.01 Å². The highest BCUT2D eigenvalue weighted by atomic mass is 35.5. The van der Waals surface area contributed by atoms with Crippen molar-refractivity contribution >= 4 is 23.4 Å². The lowest BCUT2D eigenvalue weighted by Crippen LogP contribution is -2.60. The SMILES string of the molecule is CC1CC2C(CN1)CC(C1CC(NC(=O)C3CNN(C4CCC(Cl)CC4)C3C(F)(F)F)CCC1C)C(=O)N2C. The van der Waals surface area contributed by atoms with Gasteiger partial charge in [-0.3, -0.25) is 15.0 Å². The van der Waals surface area contributed by atoms with Crippen LogP contribution in [0.1, 0.15) is 71.6 Å². The van der Waals surface area contributed by atoms with Crippen LogP contribution in [0.3, 0.4) is 0 Å². The highest BCUT2D eigenvalue weighted by molar-refractivity contribution is 6.20. The summed E-state index contributed by atoms with van der Waals surface area (Å²) in [5.41, 5.74) is 2.93. The van der Waals surface area contributed by atoms with E-state index >= 15 is 0 Å². The zero-order chi connectivity index (χ0) is 28.1. The van der Waals surface area contributed by atoms with E-state index in [0.29, 0.717) is 50.0 Å².